The lowest BCUT2D eigenvalue weighted by atomic mass is 10.1. The number of amides is 2. The molecule has 0 aromatic carbocycles. The van der Waals surface area contributed by atoms with Crippen LogP contribution in [0.4, 0.5) is 10.6 Å². The lowest BCUT2D eigenvalue weighted by molar-refractivity contribution is 0.0629. The van der Waals surface area contributed by atoms with Gasteiger partial charge in [0.15, 0.2) is 0 Å². The van der Waals surface area contributed by atoms with Crippen molar-refractivity contribution in [3.63, 3.8) is 0 Å². The molecule has 0 atom stereocenters. The second-order valence-electron chi connectivity index (χ2n) is 7.54. The summed E-state index contributed by atoms with van der Waals surface area (Å²) in [5.74, 6) is 0.592. The van der Waals surface area contributed by atoms with Crippen LogP contribution >= 0.6 is 11.3 Å². The second-order valence-corrected chi connectivity index (χ2v) is 10.0. The van der Waals surface area contributed by atoms with Gasteiger partial charge in [-0.1, -0.05) is 0 Å². The molecular formula is C18H18N6O5S2. The molecule has 0 bridgehead atoms. The van der Waals surface area contributed by atoms with Crippen molar-refractivity contribution in [2.75, 3.05) is 24.5 Å². The molecule has 4 heterocycles. The number of nitrogens with zero attached hydrogens (tertiary/aromatic N) is 4. The molecule has 1 aliphatic heterocycles. The van der Waals surface area contributed by atoms with E-state index in [0.717, 1.165) is 41.0 Å². The van der Waals surface area contributed by atoms with Crippen LogP contribution in [0.2, 0.25) is 0 Å². The third-order valence-electron chi connectivity index (χ3n) is 5.62. The number of fused-ring (bicyclic) bond motifs is 1. The monoisotopic (exact) mass is 462 g/mol. The summed E-state index contributed by atoms with van der Waals surface area (Å²) in [7, 11) is -4.34. The fraction of sp³-hybridized carbons (Fsp3) is 0.333. The van der Waals surface area contributed by atoms with Gasteiger partial charge >= 0.3 is 16.2 Å². The maximum atomic E-state index is 13.2. The third kappa shape index (κ3) is 3.39. The van der Waals surface area contributed by atoms with Gasteiger partial charge in [-0.3, -0.25) is 4.79 Å². The van der Waals surface area contributed by atoms with E-state index in [1.165, 1.54) is 17.8 Å². The zero-order valence-electron chi connectivity index (χ0n) is 16.1. The standard InChI is InChI=1S/C18H18N6O5S2/c19-17(26)29-31(27,28)11-7-13(30-8-11)16(25)24-6-5-23(9-18(24)2-3-18)15-12-1-4-20-14(12)21-10-22-15/h1,4,7-8,10H,2-3,5-6,9H2,(H2,19,26)(H,20,21,22). The topological polar surface area (TPSA) is 152 Å². The Balaban J connectivity index is 1.37. The molecule has 3 aromatic heterocycles. The molecular weight excluding hydrogens is 444 g/mol. The number of primary amides is 1. The van der Waals surface area contributed by atoms with Crippen molar-refractivity contribution in [1.29, 1.82) is 0 Å². The number of carbonyl (C=O) groups is 2. The molecule has 11 nitrogen and oxygen atoms in total. The van der Waals surface area contributed by atoms with Gasteiger partial charge in [-0.15, -0.1) is 11.3 Å². The van der Waals surface area contributed by atoms with Crippen molar-refractivity contribution in [2.45, 2.75) is 23.3 Å². The first-order valence-corrected chi connectivity index (χ1v) is 11.8. The van der Waals surface area contributed by atoms with Crippen LogP contribution in [0, 0.1) is 0 Å². The Kier molecular flexibility index (Phi) is 4.41. The normalized spacial score (nSPS) is 17.8. The zero-order valence-corrected chi connectivity index (χ0v) is 17.8. The predicted octanol–water partition coefficient (Wildman–Crippen LogP) is 1.30. The van der Waals surface area contributed by atoms with E-state index in [1.54, 1.807) is 0 Å². The Morgan fingerprint density at radius 1 is 1.26 bits per heavy atom. The minimum atomic E-state index is -4.34. The first kappa shape index (κ1) is 19.8. The van der Waals surface area contributed by atoms with Gasteiger partial charge in [0.25, 0.3) is 5.91 Å². The maximum absolute atomic E-state index is 13.2. The number of piperazine rings is 1. The minimum absolute atomic E-state index is 0.239. The molecule has 3 N–H and O–H groups in total. The van der Waals surface area contributed by atoms with Crippen molar-refractivity contribution in [3.05, 3.63) is 34.9 Å². The highest BCUT2D eigenvalue weighted by Gasteiger charge is 2.53. The quantitative estimate of drug-likeness (QED) is 0.551. The summed E-state index contributed by atoms with van der Waals surface area (Å²) in [6, 6.07) is 3.16. The number of aromatic amines is 1. The van der Waals surface area contributed by atoms with Gasteiger partial charge in [0.2, 0.25) is 0 Å². The average molecular weight is 463 g/mol. The number of aromatic nitrogens is 3. The zero-order chi connectivity index (χ0) is 21.8. The SMILES string of the molecule is NC(=O)OS(=O)(=O)c1csc(C(=O)N2CCN(c3ncnc4[nH]ccc34)CC23CC3)c1. The molecule has 0 radical (unpaired) electrons. The lowest BCUT2D eigenvalue weighted by Gasteiger charge is -2.42. The molecule has 1 saturated carbocycles. The van der Waals surface area contributed by atoms with Crippen LogP contribution in [0.1, 0.15) is 22.5 Å². The van der Waals surface area contributed by atoms with E-state index in [1.807, 2.05) is 17.2 Å². The summed E-state index contributed by atoms with van der Waals surface area (Å²) in [5.41, 5.74) is 5.26. The molecule has 162 valence electrons. The van der Waals surface area contributed by atoms with Crippen molar-refractivity contribution in [2.24, 2.45) is 5.73 Å². The number of rotatable bonds is 4. The van der Waals surface area contributed by atoms with Gasteiger partial charge in [0, 0.05) is 31.2 Å². The Hall–Kier alpha value is -3.19. The predicted molar refractivity (Wildman–Crippen MR) is 111 cm³/mol. The first-order chi connectivity index (χ1) is 14.8. The molecule has 31 heavy (non-hydrogen) atoms. The Labute approximate surface area is 180 Å². The first-order valence-electron chi connectivity index (χ1n) is 9.47. The molecule has 5 rings (SSSR count). The molecule has 0 unspecified atom stereocenters. The highest BCUT2D eigenvalue weighted by Crippen LogP contribution is 2.46. The van der Waals surface area contributed by atoms with Crippen LogP contribution in [0.15, 0.2) is 34.9 Å². The van der Waals surface area contributed by atoms with Gasteiger partial charge in [-0.2, -0.15) is 8.42 Å². The molecule has 1 spiro atoms. The summed E-state index contributed by atoms with van der Waals surface area (Å²) >= 11 is 0.993. The molecule has 2 fully saturated rings. The number of nitrogens with two attached hydrogens (primary N) is 1. The van der Waals surface area contributed by atoms with Crippen LogP contribution in [0.3, 0.4) is 0 Å². The van der Waals surface area contributed by atoms with Crippen molar-refractivity contribution >= 4 is 50.3 Å². The summed E-state index contributed by atoms with van der Waals surface area (Å²) < 4.78 is 28.2. The lowest BCUT2D eigenvalue weighted by Crippen LogP contribution is -2.57. The summed E-state index contributed by atoms with van der Waals surface area (Å²) in [5, 5.41) is 2.20. The number of nitrogens with one attached hydrogen (secondary N) is 1. The Bertz CT molecular complexity index is 1300. The van der Waals surface area contributed by atoms with Crippen LogP contribution in [0.25, 0.3) is 11.0 Å². The van der Waals surface area contributed by atoms with Crippen LogP contribution in [-0.2, 0) is 14.3 Å². The second kappa shape index (κ2) is 6.92. The molecule has 2 amide bonds. The van der Waals surface area contributed by atoms with Gasteiger partial charge in [0.05, 0.1) is 15.8 Å². The number of hydrogen-bond donors (Lipinski definition) is 2. The van der Waals surface area contributed by atoms with Crippen LogP contribution in [-0.4, -0.2) is 65.4 Å². The number of hydrogen-bond acceptors (Lipinski definition) is 9. The van der Waals surface area contributed by atoms with Crippen LogP contribution in [0.5, 0.6) is 0 Å². The minimum Gasteiger partial charge on any atom is -0.352 e. The van der Waals surface area contributed by atoms with E-state index >= 15 is 0 Å². The molecule has 3 aromatic rings. The summed E-state index contributed by atoms with van der Waals surface area (Å²) in [4.78, 5) is 39.8. The summed E-state index contributed by atoms with van der Waals surface area (Å²) in [6.07, 6.45) is 3.64. The van der Waals surface area contributed by atoms with E-state index in [9.17, 15) is 18.0 Å². The van der Waals surface area contributed by atoms with Gasteiger partial charge in [-0.25, -0.2) is 14.8 Å². The van der Waals surface area contributed by atoms with E-state index in [4.69, 9.17) is 5.73 Å². The fourth-order valence-corrected chi connectivity index (χ4v) is 5.99. The van der Waals surface area contributed by atoms with Gasteiger partial charge in [0.1, 0.15) is 22.7 Å². The summed E-state index contributed by atoms with van der Waals surface area (Å²) in [6.45, 7) is 1.70. The molecule has 13 heteroatoms. The number of anilines is 1. The Morgan fingerprint density at radius 2 is 2.06 bits per heavy atom. The average Bonchev–Trinajstić information content (AvgIpc) is 3.14. The largest absolute Gasteiger partial charge is 0.420 e. The van der Waals surface area contributed by atoms with Crippen molar-refractivity contribution < 1.29 is 22.2 Å². The van der Waals surface area contributed by atoms with E-state index in [0.29, 0.717) is 19.6 Å². The van der Waals surface area contributed by atoms with Crippen LogP contribution < -0.4 is 10.6 Å². The van der Waals surface area contributed by atoms with E-state index in [-0.39, 0.29) is 21.2 Å². The van der Waals surface area contributed by atoms with Gasteiger partial charge < -0.3 is 24.7 Å². The Morgan fingerprint density at radius 3 is 2.81 bits per heavy atom. The van der Waals surface area contributed by atoms with E-state index < -0.39 is 16.2 Å². The maximum Gasteiger partial charge on any atom is 0.420 e. The smallest absolute Gasteiger partial charge is 0.352 e. The van der Waals surface area contributed by atoms with Crippen molar-refractivity contribution in [1.82, 2.24) is 19.9 Å². The number of carbonyl (C=O) groups excluding carboxylic acids is 2. The molecule has 2 aliphatic rings. The van der Waals surface area contributed by atoms with Gasteiger partial charge in [-0.05, 0) is 25.0 Å². The third-order valence-corrected chi connectivity index (χ3v) is 7.89. The highest BCUT2D eigenvalue weighted by molar-refractivity contribution is 7.87. The highest BCUT2D eigenvalue weighted by atomic mass is 32.2. The number of thiophene rings is 1. The molecule has 1 aliphatic carbocycles. The fourth-order valence-electron chi connectivity index (χ4n) is 4.01. The van der Waals surface area contributed by atoms with Crippen molar-refractivity contribution in [3.8, 4) is 0 Å². The van der Waals surface area contributed by atoms with E-state index in [2.05, 4.69) is 24.0 Å². The molecule has 1 saturated heterocycles. The number of H-pyrrole nitrogens is 1.